The summed E-state index contributed by atoms with van der Waals surface area (Å²) in [7, 11) is 0. The predicted molar refractivity (Wildman–Crippen MR) is 70.1 cm³/mol. The maximum Gasteiger partial charge on any atom is 0.149 e. The highest BCUT2D eigenvalue weighted by molar-refractivity contribution is 7.13. The van der Waals surface area contributed by atoms with Crippen LogP contribution in [0.1, 0.15) is 19.3 Å². The summed E-state index contributed by atoms with van der Waals surface area (Å²) in [6.45, 7) is 1.03. The van der Waals surface area contributed by atoms with E-state index in [0.717, 1.165) is 24.7 Å². The Hall–Kier alpha value is -0.800. The van der Waals surface area contributed by atoms with E-state index < -0.39 is 0 Å². The molecule has 2 aromatic rings. The van der Waals surface area contributed by atoms with Crippen LogP contribution in [0.4, 0.5) is 0 Å². The minimum Gasteiger partial charge on any atom is -0.330 e. The molecule has 0 unspecified atom stereocenters. The van der Waals surface area contributed by atoms with Gasteiger partial charge < -0.3 is 4.57 Å². The molecular formula is C12H15ClN2S. The molecule has 0 fully saturated rings. The Labute approximate surface area is 105 Å². The molecule has 2 aromatic heterocycles. The molecule has 0 aliphatic rings. The van der Waals surface area contributed by atoms with Crippen LogP contribution in [0.25, 0.3) is 10.7 Å². The van der Waals surface area contributed by atoms with Gasteiger partial charge in [0.2, 0.25) is 0 Å². The second-order valence-corrected chi connectivity index (χ2v) is 5.00. The molecule has 0 N–H and O–H groups in total. The Kier molecular flexibility index (Phi) is 4.43. The Morgan fingerprint density at radius 1 is 1.31 bits per heavy atom. The molecule has 2 rings (SSSR count). The fourth-order valence-corrected chi connectivity index (χ4v) is 2.60. The number of hydrogen-bond donors (Lipinski definition) is 0. The second kappa shape index (κ2) is 6.06. The standard InChI is InChI=1S/C12H15ClN2S/c13-6-2-1-3-8-15-9-7-14-12(15)11-5-4-10-16-11/h4-5,7,9-10H,1-3,6,8H2. The highest BCUT2D eigenvalue weighted by Crippen LogP contribution is 2.23. The molecule has 86 valence electrons. The summed E-state index contributed by atoms with van der Waals surface area (Å²) in [5.41, 5.74) is 0. The summed E-state index contributed by atoms with van der Waals surface area (Å²) in [5.74, 6) is 1.85. The number of thiophene rings is 1. The Balaban J connectivity index is 1.97. The van der Waals surface area contributed by atoms with Gasteiger partial charge >= 0.3 is 0 Å². The summed E-state index contributed by atoms with van der Waals surface area (Å²) >= 11 is 7.39. The van der Waals surface area contributed by atoms with E-state index in [1.165, 1.54) is 17.7 Å². The largest absolute Gasteiger partial charge is 0.330 e. The van der Waals surface area contributed by atoms with Crippen molar-refractivity contribution >= 4 is 22.9 Å². The fourth-order valence-electron chi connectivity index (χ4n) is 1.67. The summed E-state index contributed by atoms with van der Waals surface area (Å²) in [6.07, 6.45) is 7.38. The molecule has 0 bridgehead atoms. The number of imidazole rings is 1. The van der Waals surface area contributed by atoms with Crippen LogP contribution in [-0.4, -0.2) is 15.4 Å². The van der Waals surface area contributed by atoms with E-state index in [2.05, 4.69) is 33.3 Å². The Morgan fingerprint density at radius 2 is 2.25 bits per heavy atom. The van der Waals surface area contributed by atoms with Crippen LogP contribution < -0.4 is 0 Å². The molecule has 0 aromatic carbocycles. The van der Waals surface area contributed by atoms with Crippen LogP contribution in [0.2, 0.25) is 0 Å². The van der Waals surface area contributed by atoms with Crippen LogP contribution in [0.5, 0.6) is 0 Å². The van der Waals surface area contributed by atoms with Gasteiger partial charge in [0.05, 0.1) is 4.88 Å². The van der Waals surface area contributed by atoms with Crippen molar-refractivity contribution in [2.75, 3.05) is 5.88 Å². The third-order valence-electron chi connectivity index (χ3n) is 2.49. The number of rotatable bonds is 6. The highest BCUT2D eigenvalue weighted by Gasteiger charge is 2.05. The normalized spacial score (nSPS) is 10.8. The summed E-state index contributed by atoms with van der Waals surface area (Å²) in [6, 6.07) is 4.18. The lowest BCUT2D eigenvalue weighted by Crippen LogP contribution is -1.98. The minimum absolute atomic E-state index is 0.766. The first-order valence-electron chi connectivity index (χ1n) is 5.53. The lowest BCUT2D eigenvalue weighted by atomic mass is 10.2. The van der Waals surface area contributed by atoms with Gasteiger partial charge in [-0.15, -0.1) is 22.9 Å². The molecule has 2 heterocycles. The summed E-state index contributed by atoms with van der Waals surface area (Å²) in [5, 5.41) is 2.09. The van der Waals surface area contributed by atoms with E-state index in [4.69, 9.17) is 11.6 Å². The molecule has 0 aliphatic heterocycles. The molecule has 16 heavy (non-hydrogen) atoms. The topological polar surface area (TPSA) is 17.8 Å². The van der Waals surface area contributed by atoms with Gasteiger partial charge in [-0.3, -0.25) is 0 Å². The van der Waals surface area contributed by atoms with Crippen molar-refractivity contribution in [3.63, 3.8) is 0 Å². The van der Waals surface area contributed by atoms with Gasteiger partial charge in [-0.05, 0) is 24.3 Å². The maximum atomic E-state index is 5.66. The molecule has 0 saturated carbocycles. The van der Waals surface area contributed by atoms with Crippen molar-refractivity contribution < 1.29 is 0 Å². The quantitative estimate of drug-likeness (QED) is 0.562. The molecule has 0 aliphatic carbocycles. The van der Waals surface area contributed by atoms with Crippen molar-refractivity contribution in [2.24, 2.45) is 0 Å². The zero-order chi connectivity index (χ0) is 11.2. The average Bonchev–Trinajstić information content (AvgIpc) is 2.94. The van der Waals surface area contributed by atoms with Crippen LogP contribution in [0.15, 0.2) is 29.9 Å². The van der Waals surface area contributed by atoms with Crippen LogP contribution in [0.3, 0.4) is 0 Å². The number of unbranched alkanes of at least 4 members (excludes halogenated alkanes) is 2. The third-order valence-corrected chi connectivity index (χ3v) is 3.62. The van der Waals surface area contributed by atoms with Gasteiger partial charge in [0.1, 0.15) is 5.82 Å². The maximum absolute atomic E-state index is 5.66. The summed E-state index contributed by atoms with van der Waals surface area (Å²) < 4.78 is 2.22. The van der Waals surface area contributed by atoms with Gasteiger partial charge in [0, 0.05) is 24.8 Å². The number of hydrogen-bond acceptors (Lipinski definition) is 2. The summed E-state index contributed by atoms with van der Waals surface area (Å²) in [4.78, 5) is 5.64. The molecule has 2 nitrogen and oxygen atoms in total. The molecule has 0 spiro atoms. The molecule has 0 atom stereocenters. The van der Waals surface area contributed by atoms with Crippen molar-refractivity contribution in [3.05, 3.63) is 29.9 Å². The van der Waals surface area contributed by atoms with Gasteiger partial charge in [0.15, 0.2) is 0 Å². The van der Waals surface area contributed by atoms with E-state index >= 15 is 0 Å². The van der Waals surface area contributed by atoms with Crippen molar-refractivity contribution in [1.82, 2.24) is 9.55 Å². The van der Waals surface area contributed by atoms with Crippen LogP contribution in [-0.2, 0) is 6.54 Å². The van der Waals surface area contributed by atoms with E-state index in [-0.39, 0.29) is 0 Å². The number of nitrogens with zero attached hydrogens (tertiary/aromatic N) is 2. The molecule has 0 saturated heterocycles. The number of aryl methyl sites for hydroxylation is 1. The number of aromatic nitrogens is 2. The lowest BCUT2D eigenvalue weighted by molar-refractivity contribution is 0.608. The zero-order valence-corrected chi connectivity index (χ0v) is 10.7. The first-order valence-corrected chi connectivity index (χ1v) is 6.94. The monoisotopic (exact) mass is 254 g/mol. The van der Waals surface area contributed by atoms with E-state index in [1.807, 2.05) is 6.20 Å². The SMILES string of the molecule is ClCCCCCn1ccnc1-c1cccs1. The Bertz CT molecular complexity index is 408. The van der Waals surface area contributed by atoms with E-state index in [9.17, 15) is 0 Å². The lowest BCUT2D eigenvalue weighted by Gasteiger charge is -2.05. The molecule has 0 radical (unpaired) electrons. The van der Waals surface area contributed by atoms with Gasteiger partial charge in [-0.25, -0.2) is 4.98 Å². The molecular weight excluding hydrogens is 240 g/mol. The fraction of sp³-hybridized carbons (Fsp3) is 0.417. The third kappa shape index (κ3) is 2.86. The highest BCUT2D eigenvalue weighted by atomic mass is 35.5. The van der Waals surface area contributed by atoms with Crippen molar-refractivity contribution in [1.29, 1.82) is 0 Å². The number of alkyl halides is 1. The number of halogens is 1. The zero-order valence-electron chi connectivity index (χ0n) is 9.10. The van der Waals surface area contributed by atoms with Gasteiger partial charge in [-0.2, -0.15) is 0 Å². The van der Waals surface area contributed by atoms with Crippen LogP contribution >= 0.6 is 22.9 Å². The van der Waals surface area contributed by atoms with Crippen LogP contribution in [0, 0.1) is 0 Å². The average molecular weight is 255 g/mol. The van der Waals surface area contributed by atoms with Crippen molar-refractivity contribution in [2.45, 2.75) is 25.8 Å². The molecule has 0 amide bonds. The smallest absolute Gasteiger partial charge is 0.149 e. The molecule has 4 heteroatoms. The predicted octanol–water partition coefficient (Wildman–Crippen LogP) is 4.02. The van der Waals surface area contributed by atoms with E-state index in [1.54, 1.807) is 11.3 Å². The minimum atomic E-state index is 0.766. The van der Waals surface area contributed by atoms with Gasteiger partial charge in [-0.1, -0.05) is 12.5 Å². The second-order valence-electron chi connectivity index (χ2n) is 3.67. The first kappa shape index (κ1) is 11.7. The van der Waals surface area contributed by atoms with Crippen molar-refractivity contribution in [3.8, 4) is 10.7 Å². The Morgan fingerprint density at radius 3 is 3.00 bits per heavy atom. The first-order chi connectivity index (χ1) is 7.92. The van der Waals surface area contributed by atoms with E-state index in [0.29, 0.717) is 0 Å². The van der Waals surface area contributed by atoms with Gasteiger partial charge in [0.25, 0.3) is 0 Å².